The second-order valence-corrected chi connectivity index (χ2v) is 18.1. The molecular formula is C55H56F3N3. The minimum absolute atomic E-state index is 0.0194. The van der Waals surface area contributed by atoms with Crippen molar-refractivity contribution >= 4 is 43.6 Å². The number of halogens is 3. The van der Waals surface area contributed by atoms with Crippen molar-refractivity contribution in [1.82, 2.24) is 9.13 Å². The van der Waals surface area contributed by atoms with Crippen molar-refractivity contribution in [2.75, 3.05) is 0 Å². The zero-order valence-electron chi connectivity index (χ0n) is 38.9. The molecule has 0 bridgehead atoms. The summed E-state index contributed by atoms with van der Waals surface area (Å²) in [5, 5.41) is 15.5. The van der Waals surface area contributed by atoms with Crippen LogP contribution < -0.4 is 0 Å². The lowest BCUT2D eigenvalue weighted by molar-refractivity contribution is -0.137. The highest BCUT2D eigenvalue weighted by Crippen LogP contribution is 2.48. The number of nitrogens with zero attached hydrogens (tertiary/aromatic N) is 3. The normalized spacial score (nSPS) is 12.2. The largest absolute Gasteiger partial charge is 0.416 e. The lowest BCUT2D eigenvalue weighted by Gasteiger charge is -2.23. The van der Waals surface area contributed by atoms with Crippen molar-refractivity contribution in [2.45, 2.75) is 124 Å². The van der Waals surface area contributed by atoms with Crippen molar-refractivity contribution < 1.29 is 13.2 Å². The highest BCUT2D eigenvalue weighted by Gasteiger charge is 2.32. The van der Waals surface area contributed by atoms with Crippen LogP contribution in [0.1, 0.15) is 106 Å². The number of hydrogen-bond acceptors (Lipinski definition) is 1. The van der Waals surface area contributed by atoms with Crippen molar-refractivity contribution in [3.63, 3.8) is 0 Å². The highest BCUT2D eigenvalue weighted by molar-refractivity contribution is 6.17. The fraction of sp³-hybridized carbons (Fsp3) is 0.327. The number of fused-ring (bicyclic) bond motifs is 6. The van der Waals surface area contributed by atoms with E-state index in [1.165, 1.54) is 117 Å². The average Bonchev–Trinajstić information content (AvgIpc) is 3.78. The van der Waals surface area contributed by atoms with Crippen molar-refractivity contribution in [1.29, 1.82) is 5.26 Å². The van der Waals surface area contributed by atoms with E-state index in [1.807, 2.05) is 0 Å². The summed E-state index contributed by atoms with van der Waals surface area (Å²) < 4.78 is 47.5. The van der Waals surface area contributed by atoms with Gasteiger partial charge in [-0.3, -0.25) is 0 Å². The zero-order chi connectivity index (χ0) is 44.8. The fourth-order valence-corrected chi connectivity index (χ4v) is 10.6. The zero-order valence-corrected chi connectivity index (χ0v) is 38.9. The van der Waals surface area contributed by atoms with Crippen LogP contribution in [0.2, 0.25) is 0 Å². The molecule has 0 unspecified atom stereocenters. The molecule has 0 spiro atoms. The molecule has 0 N–H and O–H groups in total. The Morgan fingerprint density at radius 2 is 0.689 bits per heavy atom. The maximum Gasteiger partial charge on any atom is 0.416 e. The van der Waals surface area contributed by atoms with E-state index >= 15 is 0 Å². The van der Waals surface area contributed by atoms with Gasteiger partial charge < -0.3 is 9.13 Å². The van der Waals surface area contributed by atoms with E-state index in [2.05, 4.69) is 145 Å². The summed E-state index contributed by atoms with van der Waals surface area (Å²) in [5.41, 5.74) is 27.4. The third-order valence-corrected chi connectivity index (χ3v) is 15.6. The van der Waals surface area contributed by atoms with E-state index in [4.69, 9.17) is 0 Å². The predicted octanol–water partition coefficient (Wildman–Crippen LogP) is 15.7. The minimum atomic E-state index is -4.59. The Morgan fingerprint density at radius 3 is 0.967 bits per heavy atom. The maximum absolute atomic E-state index is 14.2. The van der Waals surface area contributed by atoms with E-state index < -0.39 is 11.7 Å². The molecule has 2 heterocycles. The molecule has 8 aromatic rings. The molecule has 0 aliphatic carbocycles. The Labute approximate surface area is 358 Å². The van der Waals surface area contributed by atoms with Gasteiger partial charge in [-0.1, -0.05) is 6.07 Å². The summed E-state index contributed by atoms with van der Waals surface area (Å²) >= 11 is 0. The first-order chi connectivity index (χ1) is 28.5. The molecule has 8 rings (SSSR count). The average molecular weight is 816 g/mol. The van der Waals surface area contributed by atoms with Gasteiger partial charge in [0.15, 0.2) is 0 Å². The van der Waals surface area contributed by atoms with E-state index in [-0.39, 0.29) is 5.56 Å². The quantitative estimate of drug-likeness (QED) is 0.175. The van der Waals surface area contributed by atoms with Crippen LogP contribution in [-0.2, 0) is 6.18 Å². The van der Waals surface area contributed by atoms with Crippen LogP contribution in [0.3, 0.4) is 0 Å². The molecular weight excluding hydrogens is 760 g/mol. The predicted molar refractivity (Wildman–Crippen MR) is 251 cm³/mol. The molecule has 0 fully saturated rings. The Morgan fingerprint density at radius 1 is 0.393 bits per heavy atom. The lowest BCUT2D eigenvalue weighted by Crippen LogP contribution is -2.09. The summed E-state index contributed by atoms with van der Waals surface area (Å²) in [7, 11) is 0. The summed E-state index contributed by atoms with van der Waals surface area (Å²) in [5.74, 6) is 0. The van der Waals surface area contributed by atoms with E-state index in [1.54, 1.807) is 0 Å². The lowest BCUT2D eigenvalue weighted by atomic mass is 9.90. The number of alkyl halides is 3. The van der Waals surface area contributed by atoms with Gasteiger partial charge in [-0.25, -0.2) is 0 Å². The van der Waals surface area contributed by atoms with E-state index in [0.717, 1.165) is 51.1 Å². The van der Waals surface area contributed by atoms with E-state index in [0.29, 0.717) is 11.1 Å². The molecule has 0 radical (unpaired) electrons. The highest BCUT2D eigenvalue weighted by atomic mass is 19.4. The standard InChI is InChI=1S/C55H56F3N3/c1-24-28(5)36(13)51-47(32(24)9)48-33(10)25(2)29(6)37(14)52(48)60(51)45-21-41(44-19-18-43(55(56,57)58)20-42(44)23-59)22-46(40(45)17)61-53-38(15)30(7)26(3)34(11)49(53)50-35(12)27(4)31(8)39(16)54(50)61/h18-22H,1-17H3. The van der Waals surface area contributed by atoms with Gasteiger partial charge in [0.2, 0.25) is 0 Å². The van der Waals surface area contributed by atoms with Crippen LogP contribution in [0.15, 0.2) is 30.3 Å². The summed E-state index contributed by atoms with van der Waals surface area (Å²) in [4.78, 5) is 0. The van der Waals surface area contributed by atoms with Gasteiger partial charge in [-0.2, -0.15) is 18.4 Å². The molecule has 0 aliphatic heterocycles. The van der Waals surface area contributed by atoms with Gasteiger partial charge in [-0.05, 0) is 248 Å². The monoisotopic (exact) mass is 815 g/mol. The molecule has 0 aliphatic rings. The van der Waals surface area contributed by atoms with Crippen LogP contribution in [0.4, 0.5) is 13.2 Å². The first kappa shape index (κ1) is 41.9. The first-order valence-electron chi connectivity index (χ1n) is 21.3. The topological polar surface area (TPSA) is 33.6 Å². The van der Waals surface area contributed by atoms with Crippen molar-refractivity contribution in [2.24, 2.45) is 0 Å². The van der Waals surface area contributed by atoms with Gasteiger partial charge in [0.05, 0.1) is 50.6 Å². The SMILES string of the molecule is Cc1c(-n2c3c(C)c(C)c(C)c(C)c3c3c(C)c(C)c(C)c(C)c32)cc(-c2ccc(C(F)(F)F)cc2C#N)cc1-n1c2c(C)c(C)c(C)c(C)c2c2c(C)c(C)c(C)c(C)c21. The maximum atomic E-state index is 14.2. The Kier molecular flexibility index (Phi) is 9.52. The van der Waals surface area contributed by atoms with Crippen LogP contribution in [0.5, 0.6) is 0 Å². The first-order valence-corrected chi connectivity index (χ1v) is 21.3. The molecule has 0 amide bonds. The summed E-state index contributed by atoms with van der Waals surface area (Å²) in [6.07, 6.45) is -4.59. The van der Waals surface area contributed by atoms with Crippen molar-refractivity contribution in [3.05, 3.63) is 136 Å². The number of aryl methyl sites for hydroxylation is 8. The number of hydrogen-bond donors (Lipinski definition) is 0. The minimum Gasteiger partial charge on any atom is -0.308 e. The third kappa shape index (κ3) is 5.54. The van der Waals surface area contributed by atoms with Crippen LogP contribution in [-0.4, -0.2) is 9.13 Å². The van der Waals surface area contributed by atoms with Gasteiger partial charge in [-0.15, -0.1) is 0 Å². The van der Waals surface area contributed by atoms with Gasteiger partial charge >= 0.3 is 6.18 Å². The molecule has 2 aromatic heterocycles. The van der Waals surface area contributed by atoms with Crippen molar-refractivity contribution in [3.8, 4) is 28.6 Å². The number of benzene rings is 6. The molecule has 0 saturated carbocycles. The van der Waals surface area contributed by atoms with Crippen LogP contribution in [0, 0.1) is 129 Å². The molecule has 3 nitrogen and oxygen atoms in total. The van der Waals surface area contributed by atoms with Gasteiger partial charge in [0.25, 0.3) is 0 Å². The molecule has 6 heteroatoms. The number of rotatable bonds is 3. The second-order valence-electron chi connectivity index (χ2n) is 18.1. The molecule has 61 heavy (non-hydrogen) atoms. The third-order valence-electron chi connectivity index (χ3n) is 15.6. The number of nitriles is 1. The number of aromatic nitrogens is 2. The molecule has 6 aromatic carbocycles. The molecule has 312 valence electrons. The fourth-order valence-electron chi connectivity index (χ4n) is 10.6. The molecule has 0 atom stereocenters. The van der Waals surface area contributed by atoms with Gasteiger partial charge in [0, 0.05) is 21.5 Å². The Balaban J connectivity index is 1.70. The summed E-state index contributed by atoms with van der Waals surface area (Å²) in [6, 6.07) is 9.97. The smallest absolute Gasteiger partial charge is 0.308 e. The molecule has 0 saturated heterocycles. The van der Waals surface area contributed by atoms with Crippen LogP contribution >= 0.6 is 0 Å². The van der Waals surface area contributed by atoms with E-state index in [9.17, 15) is 18.4 Å². The Hall–Kier alpha value is -5.80. The van der Waals surface area contributed by atoms with Crippen LogP contribution in [0.25, 0.3) is 66.1 Å². The van der Waals surface area contributed by atoms with Gasteiger partial charge in [0.1, 0.15) is 0 Å². The Bertz CT molecular complexity index is 3020. The summed E-state index contributed by atoms with van der Waals surface area (Å²) in [6.45, 7) is 37.7. The second kappa shape index (κ2) is 13.9.